The van der Waals surface area contributed by atoms with Gasteiger partial charge in [-0.2, -0.15) is 0 Å². The van der Waals surface area contributed by atoms with Crippen molar-refractivity contribution >= 4 is 42.8 Å². The number of ether oxygens (including phenoxy) is 1. The van der Waals surface area contributed by atoms with Gasteiger partial charge in [-0.25, -0.2) is 0 Å². The summed E-state index contributed by atoms with van der Waals surface area (Å²) < 4.78 is 12.0. The molecule has 1 aliphatic heterocycles. The highest BCUT2D eigenvalue weighted by Gasteiger charge is 2.26. The molecule has 2 nitrogen and oxygen atoms in total. The van der Waals surface area contributed by atoms with Gasteiger partial charge in [0.15, 0.2) is 4.67 Å². The van der Waals surface area contributed by atoms with Crippen molar-refractivity contribution in [1.29, 1.82) is 0 Å². The fraction of sp³-hybridized carbons (Fsp3) is 0.200. The Balaban J connectivity index is 2.48. The molecule has 14 heavy (non-hydrogen) atoms. The average molecular weight is 318 g/mol. The normalized spacial score (nSPS) is 19.7. The minimum absolute atomic E-state index is 0.202. The standard InChI is InChI=1S/C10H6Br2O2/c11-5-4-13-6-2-1-3-7-9(6)8(5)10(12)14-7/h1-3,5H,4H2. The number of rotatable bonds is 0. The van der Waals surface area contributed by atoms with Crippen molar-refractivity contribution in [2.45, 2.75) is 4.83 Å². The Morgan fingerprint density at radius 1 is 1.36 bits per heavy atom. The lowest BCUT2D eigenvalue weighted by Gasteiger charge is -2.18. The van der Waals surface area contributed by atoms with Crippen LogP contribution in [0.3, 0.4) is 0 Å². The van der Waals surface area contributed by atoms with Gasteiger partial charge in [-0.15, -0.1) is 0 Å². The van der Waals surface area contributed by atoms with Crippen molar-refractivity contribution in [3.8, 4) is 5.75 Å². The summed E-state index contributed by atoms with van der Waals surface area (Å²) in [6, 6.07) is 5.85. The summed E-state index contributed by atoms with van der Waals surface area (Å²) in [4.78, 5) is 0.202. The molecule has 3 rings (SSSR count). The van der Waals surface area contributed by atoms with Crippen LogP contribution < -0.4 is 4.74 Å². The highest BCUT2D eigenvalue weighted by Crippen LogP contribution is 2.45. The molecule has 0 bridgehead atoms. The third-order valence-corrected chi connectivity index (χ3v) is 3.68. The minimum Gasteiger partial charge on any atom is -0.491 e. The van der Waals surface area contributed by atoms with Crippen LogP contribution in [0.1, 0.15) is 10.4 Å². The number of alkyl halides is 1. The topological polar surface area (TPSA) is 22.4 Å². The number of hydrogen-bond donors (Lipinski definition) is 0. The van der Waals surface area contributed by atoms with E-state index < -0.39 is 0 Å². The molecular formula is C10H6Br2O2. The van der Waals surface area contributed by atoms with Crippen LogP contribution >= 0.6 is 31.9 Å². The van der Waals surface area contributed by atoms with Crippen LogP contribution in [0.5, 0.6) is 5.75 Å². The molecule has 1 atom stereocenters. The lowest BCUT2D eigenvalue weighted by Crippen LogP contribution is -2.09. The van der Waals surface area contributed by atoms with Gasteiger partial charge < -0.3 is 9.15 Å². The first-order valence-electron chi connectivity index (χ1n) is 4.25. The van der Waals surface area contributed by atoms with Gasteiger partial charge >= 0.3 is 0 Å². The molecule has 4 heteroatoms. The molecule has 2 aromatic rings. The summed E-state index contributed by atoms with van der Waals surface area (Å²) in [7, 11) is 0. The van der Waals surface area contributed by atoms with Crippen LogP contribution in [0.25, 0.3) is 11.0 Å². The summed E-state index contributed by atoms with van der Waals surface area (Å²) in [6.45, 7) is 0.643. The van der Waals surface area contributed by atoms with E-state index in [2.05, 4.69) is 31.9 Å². The van der Waals surface area contributed by atoms with Gasteiger partial charge in [0.2, 0.25) is 0 Å². The van der Waals surface area contributed by atoms with Gasteiger partial charge in [0.05, 0.1) is 10.2 Å². The van der Waals surface area contributed by atoms with E-state index >= 15 is 0 Å². The van der Waals surface area contributed by atoms with Crippen LogP contribution in [0.4, 0.5) is 0 Å². The Labute approximate surface area is 97.5 Å². The highest BCUT2D eigenvalue weighted by atomic mass is 79.9. The Morgan fingerprint density at radius 3 is 3.07 bits per heavy atom. The SMILES string of the molecule is Brc1oc2cccc3c2c1C(Br)CO3. The lowest BCUT2D eigenvalue weighted by atomic mass is 10.1. The predicted molar refractivity (Wildman–Crippen MR) is 61.1 cm³/mol. The number of furan rings is 1. The van der Waals surface area contributed by atoms with E-state index in [1.54, 1.807) is 0 Å². The zero-order valence-corrected chi connectivity index (χ0v) is 10.3. The molecule has 72 valence electrons. The monoisotopic (exact) mass is 316 g/mol. The van der Waals surface area contributed by atoms with E-state index in [1.165, 1.54) is 0 Å². The van der Waals surface area contributed by atoms with E-state index in [0.717, 1.165) is 27.0 Å². The van der Waals surface area contributed by atoms with E-state index in [0.29, 0.717) is 6.61 Å². The molecule has 0 fully saturated rings. The van der Waals surface area contributed by atoms with E-state index in [4.69, 9.17) is 9.15 Å². The number of hydrogen-bond acceptors (Lipinski definition) is 2. The van der Waals surface area contributed by atoms with Crippen LogP contribution in [-0.2, 0) is 0 Å². The van der Waals surface area contributed by atoms with Crippen molar-refractivity contribution in [3.63, 3.8) is 0 Å². The molecular weight excluding hydrogens is 312 g/mol. The van der Waals surface area contributed by atoms with Gasteiger partial charge in [-0.05, 0) is 28.1 Å². The molecule has 1 aromatic heterocycles. The largest absolute Gasteiger partial charge is 0.491 e. The molecule has 0 saturated heterocycles. The van der Waals surface area contributed by atoms with Crippen molar-refractivity contribution < 1.29 is 9.15 Å². The van der Waals surface area contributed by atoms with Crippen molar-refractivity contribution in [3.05, 3.63) is 28.4 Å². The molecule has 0 amide bonds. The van der Waals surface area contributed by atoms with Crippen molar-refractivity contribution in [2.75, 3.05) is 6.61 Å². The Hall–Kier alpha value is -0.480. The van der Waals surface area contributed by atoms with E-state index in [9.17, 15) is 0 Å². The Kier molecular flexibility index (Phi) is 1.89. The predicted octanol–water partition coefficient (Wildman–Crippen LogP) is 4.02. The van der Waals surface area contributed by atoms with Crippen LogP contribution in [-0.4, -0.2) is 6.61 Å². The van der Waals surface area contributed by atoms with Crippen molar-refractivity contribution in [1.82, 2.24) is 0 Å². The molecule has 1 aliphatic rings. The third-order valence-electron chi connectivity index (χ3n) is 2.37. The van der Waals surface area contributed by atoms with Crippen LogP contribution in [0, 0.1) is 0 Å². The lowest BCUT2D eigenvalue weighted by molar-refractivity contribution is 0.316. The van der Waals surface area contributed by atoms with E-state index in [1.807, 2.05) is 18.2 Å². The second-order valence-electron chi connectivity index (χ2n) is 3.20. The van der Waals surface area contributed by atoms with Gasteiger partial charge in [0.25, 0.3) is 0 Å². The Bertz CT molecular complexity index is 504. The smallest absolute Gasteiger partial charge is 0.175 e. The van der Waals surface area contributed by atoms with Gasteiger partial charge in [0, 0.05) is 5.56 Å². The first-order chi connectivity index (χ1) is 6.77. The zero-order chi connectivity index (χ0) is 9.71. The fourth-order valence-electron chi connectivity index (χ4n) is 1.76. The quantitative estimate of drug-likeness (QED) is 0.685. The molecule has 1 aromatic carbocycles. The third kappa shape index (κ3) is 1.07. The molecule has 2 heterocycles. The first kappa shape index (κ1) is 8.80. The maximum atomic E-state index is 5.59. The first-order valence-corrected chi connectivity index (χ1v) is 5.96. The van der Waals surface area contributed by atoms with Gasteiger partial charge in [0.1, 0.15) is 17.9 Å². The van der Waals surface area contributed by atoms with Gasteiger partial charge in [-0.1, -0.05) is 22.0 Å². The maximum absolute atomic E-state index is 5.59. The maximum Gasteiger partial charge on any atom is 0.175 e. The highest BCUT2D eigenvalue weighted by molar-refractivity contribution is 9.10. The van der Waals surface area contributed by atoms with Gasteiger partial charge in [-0.3, -0.25) is 0 Å². The molecule has 0 spiro atoms. The summed E-state index contributed by atoms with van der Waals surface area (Å²) in [5.74, 6) is 0.905. The molecule has 0 saturated carbocycles. The fourth-order valence-corrected chi connectivity index (χ4v) is 3.28. The van der Waals surface area contributed by atoms with Crippen LogP contribution in [0.15, 0.2) is 27.3 Å². The average Bonchev–Trinajstić information content (AvgIpc) is 2.51. The molecule has 0 N–H and O–H groups in total. The minimum atomic E-state index is 0.202. The summed E-state index contributed by atoms with van der Waals surface area (Å²) in [5, 5.41) is 1.08. The molecule has 1 unspecified atom stereocenters. The second-order valence-corrected chi connectivity index (χ2v) is 5.02. The molecule has 0 aliphatic carbocycles. The van der Waals surface area contributed by atoms with E-state index in [-0.39, 0.29) is 4.83 Å². The van der Waals surface area contributed by atoms with Crippen LogP contribution in [0.2, 0.25) is 0 Å². The molecule has 0 radical (unpaired) electrons. The summed E-state index contributed by atoms with van der Waals surface area (Å²) in [5.41, 5.74) is 2.02. The van der Waals surface area contributed by atoms with Crippen molar-refractivity contribution in [2.24, 2.45) is 0 Å². The Morgan fingerprint density at radius 2 is 2.21 bits per heavy atom. The number of benzene rings is 1. The summed E-state index contributed by atoms with van der Waals surface area (Å²) in [6.07, 6.45) is 0. The summed E-state index contributed by atoms with van der Waals surface area (Å²) >= 11 is 6.99. The second kappa shape index (κ2) is 3.00. The zero-order valence-electron chi connectivity index (χ0n) is 7.09. The number of halogens is 2.